The van der Waals surface area contributed by atoms with E-state index in [2.05, 4.69) is 5.32 Å². The first kappa shape index (κ1) is 14.5. The van der Waals surface area contributed by atoms with E-state index in [1.54, 1.807) is 31.2 Å². The number of imide groups is 1. The van der Waals surface area contributed by atoms with Gasteiger partial charge in [-0.05, 0) is 42.3 Å². The molecule has 0 bridgehead atoms. The SMILES string of the molecule is Cc1cc([C@@H]2NC(=O)N(c3cccc(Cl)c3)C2=O)ccc1F. The van der Waals surface area contributed by atoms with E-state index in [0.717, 1.165) is 4.90 Å². The normalized spacial score (nSPS) is 17.8. The molecule has 0 unspecified atom stereocenters. The van der Waals surface area contributed by atoms with Crippen LogP contribution in [0.15, 0.2) is 42.5 Å². The molecule has 0 aromatic heterocycles. The highest BCUT2D eigenvalue weighted by Gasteiger charge is 2.40. The first-order valence-electron chi connectivity index (χ1n) is 6.63. The van der Waals surface area contributed by atoms with Gasteiger partial charge in [-0.15, -0.1) is 0 Å². The molecular formula is C16H12ClFN2O2. The fourth-order valence-electron chi connectivity index (χ4n) is 2.41. The number of rotatable bonds is 2. The van der Waals surface area contributed by atoms with Gasteiger partial charge in [0, 0.05) is 5.02 Å². The molecule has 3 amide bonds. The predicted octanol–water partition coefficient (Wildman–Crippen LogP) is 3.59. The standard InChI is InChI=1S/C16H12ClFN2O2/c1-9-7-10(5-6-13(9)18)14-15(21)20(16(22)19-14)12-4-2-3-11(17)8-12/h2-8,14H,1H3,(H,19,22)/t14-/m0/s1. The van der Waals surface area contributed by atoms with Crippen molar-refractivity contribution in [1.29, 1.82) is 0 Å². The lowest BCUT2D eigenvalue weighted by Crippen LogP contribution is -2.30. The Morgan fingerprint density at radius 1 is 1.18 bits per heavy atom. The first-order chi connectivity index (χ1) is 10.5. The molecule has 0 aliphatic carbocycles. The summed E-state index contributed by atoms with van der Waals surface area (Å²) >= 11 is 5.90. The maximum Gasteiger partial charge on any atom is 0.329 e. The van der Waals surface area contributed by atoms with Crippen molar-refractivity contribution in [2.24, 2.45) is 0 Å². The van der Waals surface area contributed by atoms with Crippen LogP contribution in [0.3, 0.4) is 0 Å². The first-order valence-corrected chi connectivity index (χ1v) is 7.01. The van der Waals surface area contributed by atoms with Crippen LogP contribution < -0.4 is 10.2 Å². The third kappa shape index (κ3) is 2.44. The highest BCUT2D eigenvalue weighted by molar-refractivity contribution is 6.31. The second-order valence-electron chi connectivity index (χ2n) is 5.04. The summed E-state index contributed by atoms with van der Waals surface area (Å²) in [5.41, 5.74) is 1.36. The van der Waals surface area contributed by atoms with Crippen LogP contribution >= 0.6 is 11.6 Å². The average Bonchev–Trinajstić information content (AvgIpc) is 2.77. The number of urea groups is 1. The fraction of sp³-hybridized carbons (Fsp3) is 0.125. The number of halogens is 2. The van der Waals surface area contributed by atoms with Gasteiger partial charge < -0.3 is 5.32 Å². The van der Waals surface area contributed by atoms with Crippen LogP contribution in [0.5, 0.6) is 0 Å². The second kappa shape index (κ2) is 5.42. The van der Waals surface area contributed by atoms with E-state index in [1.807, 2.05) is 0 Å². The summed E-state index contributed by atoms with van der Waals surface area (Å²) in [5.74, 6) is -0.773. The largest absolute Gasteiger partial charge is 0.329 e. The zero-order valence-electron chi connectivity index (χ0n) is 11.6. The van der Waals surface area contributed by atoms with Crippen molar-refractivity contribution in [2.75, 3.05) is 4.90 Å². The molecule has 1 fully saturated rings. The van der Waals surface area contributed by atoms with Crippen molar-refractivity contribution in [3.8, 4) is 0 Å². The molecular weight excluding hydrogens is 307 g/mol. The van der Waals surface area contributed by atoms with Crippen LogP contribution in [-0.4, -0.2) is 11.9 Å². The molecule has 1 atom stereocenters. The lowest BCUT2D eigenvalue weighted by molar-refractivity contribution is -0.118. The van der Waals surface area contributed by atoms with Gasteiger partial charge in [0.15, 0.2) is 0 Å². The lowest BCUT2D eigenvalue weighted by atomic mass is 10.0. The molecule has 0 spiro atoms. The van der Waals surface area contributed by atoms with E-state index in [4.69, 9.17) is 11.6 Å². The lowest BCUT2D eigenvalue weighted by Gasteiger charge is -2.13. The topological polar surface area (TPSA) is 49.4 Å². The summed E-state index contributed by atoms with van der Waals surface area (Å²) in [6.45, 7) is 1.61. The number of nitrogens with zero attached hydrogens (tertiary/aromatic N) is 1. The van der Waals surface area contributed by atoms with Crippen LogP contribution in [0.2, 0.25) is 5.02 Å². The van der Waals surface area contributed by atoms with Gasteiger partial charge in [-0.1, -0.05) is 29.8 Å². The maximum absolute atomic E-state index is 13.3. The van der Waals surface area contributed by atoms with Crippen molar-refractivity contribution >= 4 is 29.2 Å². The number of carbonyl (C=O) groups is 2. The molecule has 0 saturated carbocycles. The average molecular weight is 319 g/mol. The number of benzene rings is 2. The van der Waals surface area contributed by atoms with Gasteiger partial charge in [0.1, 0.15) is 11.9 Å². The minimum atomic E-state index is -0.828. The molecule has 3 rings (SSSR count). The van der Waals surface area contributed by atoms with Crippen LogP contribution in [0, 0.1) is 12.7 Å². The minimum absolute atomic E-state index is 0.354. The van der Waals surface area contributed by atoms with E-state index in [9.17, 15) is 14.0 Å². The molecule has 1 aliphatic heterocycles. The molecule has 4 nitrogen and oxygen atoms in total. The van der Waals surface area contributed by atoms with Crippen molar-refractivity contribution in [3.05, 3.63) is 64.4 Å². The third-order valence-corrected chi connectivity index (χ3v) is 3.76. The summed E-state index contributed by atoms with van der Waals surface area (Å²) in [5, 5.41) is 3.04. The van der Waals surface area contributed by atoms with Gasteiger partial charge in [0.2, 0.25) is 0 Å². The Labute approximate surface area is 131 Å². The Hall–Kier alpha value is -2.40. The zero-order valence-corrected chi connectivity index (χ0v) is 12.4. The second-order valence-corrected chi connectivity index (χ2v) is 5.48. The van der Waals surface area contributed by atoms with E-state index < -0.39 is 18.0 Å². The molecule has 1 heterocycles. The van der Waals surface area contributed by atoms with Crippen LogP contribution in [0.25, 0.3) is 0 Å². The van der Waals surface area contributed by atoms with Gasteiger partial charge in [-0.3, -0.25) is 4.79 Å². The van der Waals surface area contributed by atoms with E-state index in [0.29, 0.717) is 21.8 Å². The highest BCUT2D eigenvalue weighted by atomic mass is 35.5. The molecule has 1 saturated heterocycles. The van der Waals surface area contributed by atoms with Gasteiger partial charge >= 0.3 is 6.03 Å². The van der Waals surface area contributed by atoms with Gasteiger partial charge in [0.05, 0.1) is 5.69 Å². The van der Waals surface area contributed by atoms with Gasteiger partial charge in [-0.25, -0.2) is 14.1 Å². The summed E-state index contributed by atoms with van der Waals surface area (Å²) in [6, 6.07) is 9.46. The van der Waals surface area contributed by atoms with Crippen molar-refractivity contribution < 1.29 is 14.0 Å². The minimum Gasteiger partial charge on any atom is -0.321 e. The molecule has 2 aromatic rings. The Balaban J connectivity index is 1.96. The molecule has 1 N–H and O–H groups in total. The molecule has 0 radical (unpaired) electrons. The van der Waals surface area contributed by atoms with E-state index >= 15 is 0 Å². The summed E-state index contributed by atoms with van der Waals surface area (Å²) in [6.07, 6.45) is 0. The zero-order chi connectivity index (χ0) is 15.9. The molecule has 1 aliphatic rings. The number of aryl methyl sites for hydroxylation is 1. The van der Waals surface area contributed by atoms with Gasteiger partial charge in [-0.2, -0.15) is 0 Å². The van der Waals surface area contributed by atoms with Crippen LogP contribution in [0.4, 0.5) is 14.9 Å². The number of nitrogens with one attached hydrogen (secondary N) is 1. The number of hydrogen-bond donors (Lipinski definition) is 1. The summed E-state index contributed by atoms with van der Waals surface area (Å²) < 4.78 is 13.3. The van der Waals surface area contributed by atoms with E-state index in [-0.39, 0.29) is 5.82 Å². The Morgan fingerprint density at radius 2 is 1.95 bits per heavy atom. The van der Waals surface area contributed by atoms with Crippen molar-refractivity contribution in [1.82, 2.24) is 5.32 Å². The van der Waals surface area contributed by atoms with Crippen molar-refractivity contribution in [3.63, 3.8) is 0 Å². The van der Waals surface area contributed by atoms with Crippen LogP contribution in [0.1, 0.15) is 17.2 Å². The number of anilines is 1. The van der Waals surface area contributed by atoms with Gasteiger partial charge in [0.25, 0.3) is 5.91 Å². The molecule has 22 heavy (non-hydrogen) atoms. The number of carbonyl (C=O) groups excluding carboxylic acids is 2. The third-order valence-electron chi connectivity index (χ3n) is 3.52. The fourth-order valence-corrected chi connectivity index (χ4v) is 2.60. The Kier molecular flexibility index (Phi) is 3.58. The highest BCUT2D eigenvalue weighted by Crippen LogP contribution is 2.29. The number of amides is 3. The molecule has 112 valence electrons. The van der Waals surface area contributed by atoms with Crippen molar-refractivity contribution in [2.45, 2.75) is 13.0 Å². The monoisotopic (exact) mass is 318 g/mol. The molecule has 2 aromatic carbocycles. The maximum atomic E-state index is 13.3. The Bertz CT molecular complexity index is 778. The summed E-state index contributed by atoms with van der Waals surface area (Å²) in [7, 11) is 0. The number of hydrogen-bond acceptors (Lipinski definition) is 2. The smallest absolute Gasteiger partial charge is 0.321 e. The van der Waals surface area contributed by atoms with Crippen LogP contribution in [-0.2, 0) is 4.79 Å². The molecule has 6 heteroatoms. The van der Waals surface area contributed by atoms with E-state index in [1.165, 1.54) is 18.2 Å². The summed E-state index contributed by atoms with van der Waals surface area (Å²) in [4.78, 5) is 25.7. The predicted molar refractivity (Wildman–Crippen MR) is 81.3 cm³/mol. The quantitative estimate of drug-likeness (QED) is 0.860. The Morgan fingerprint density at radius 3 is 2.64 bits per heavy atom.